The molecule has 0 radical (unpaired) electrons. The third kappa shape index (κ3) is 2.72. The number of rotatable bonds is 2. The molecule has 0 bridgehead atoms. The van der Waals surface area contributed by atoms with Gasteiger partial charge in [-0.3, -0.25) is 0 Å². The molecule has 0 saturated heterocycles. The molecule has 1 aliphatic heterocycles. The number of aliphatic imine (C=N–C) groups is 1. The zero-order valence-electron chi connectivity index (χ0n) is 11.0. The second-order valence-corrected chi connectivity index (χ2v) is 4.47. The predicted molar refractivity (Wildman–Crippen MR) is 70.4 cm³/mol. The number of hydroxylamine groups is 1. The van der Waals surface area contributed by atoms with Crippen molar-refractivity contribution >= 4 is 11.6 Å². The number of aromatic nitrogens is 1. The monoisotopic (exact) mass is 311 g/mol. The fraction of sp³-hybridized carbons (Fsp3) is 0.143. The van der Waals surface area contributed by atoms with Gasteiger partial charge in [0.05, 0.1) is 5.69 Å². The fourth-order valence-corrected chi connectivity index (χ4v) is 2.01. The smallest absolute Gasteiger partial charge is 0.352 e. The van der Waals surface area contributed by atoms with Gasteiger partial charge in [0.15, 0.2) is 6.17 Å². The van der Waals surface area contributed by atoms with Gasteiger partial charge in [0.25, 0.3) is 0 Å². The molecule has 0 saturated carbocycles. The number of anilines is 1. The highest BCUT2D eigenvalue weighted by Gasteiger charge is 2.46. The lowest BCUT2D eigenvalue weighted by molar-refractivity contribution is -0.0766. The maximum atomic E-state index is 13.2. The summed E-state index contributed by atoms with van der Waals surface area (Å²) in [6.07, 6.45) is -4.64. The first-order chi connectivity index (χ1) is 10.4. The topological polar surface area (TPSA) is 37.7 Å². The van der Waals surface area contributed by atoms with Gasteiger partial charge in [-0.25, -0.2) is 9.98 Å². The summed E-state index contributed by atoms with van der Waals surface area (Å²) < 4.78 is 51.8. The first-order valence-corrected chi connectivity index (χ1v) is 6.24. The molecule has 114 valence electrons. The summed E-state index contributed by atoms with van der Waals surface area (Å²) in [5.74, 6) is -2.20. The molecular weight excluding hydrogens is 302 g/mol. The molecule has 1 unspecified atom stereocenters. The highest BCUT2D eigenvalue weighted by atomic mass is 19.4. The molecule has 0 fully saturated rings. The average Bonchev–Trinajstić information content (AvgIpc) is 2.93. The van der Waals surface area contributed by atoms with E-state index in [-0.39, 0.29) is 5.69 Å². The van der Waals surface area contributed by atoms with Crippen molar-refractivity contribution in [3.05, 3.63) is 60.2 Å². The van der Waals surface area contributed by atoms with Gasteiger partial charge in [-0.05, 0) is 11.6 Å². The van der Waals surface area contributed by atoms with Gasteiger partial charge in [0, 0.05) is 12.3 Å². The Hall–Kier alpha value is -2.64. The lowest BCUT2D eigenvalue weighted by atomic mass is 10.1. The largest absolute Gasteiger partial charge is 0.471 e. The van der Waals surface area contributed by atoms with Crippen LogP contribution < -0.4 is 5.06 Å². The molecule has 1 aliphatic rings. The zero-order chi connectivity index (χ0) is 15.7. The van der Waals surface area contributed by atoms with E-state index in [2.05, 4.69) is 9.98 Å². The molecule has 0 amide bonds. The number of halogens is 4. The Labute approximate surface area is 122 Å². The van der Waals surface area contributed by atoms with Crippen molar-refractivity contribution < 1.29 is 22.4 Å². The molecule has 1 aromatic heterocycles. The number of pyridine rings is 1. The standard InChI is InChI=1S/C14H9F4N3O/c15-11-8-10(6-7-19-11)21-12(9-4-2-1-3-5-9)20-13(22-21)14(16,17)18/h1-8,12H. The Balaban J connectivity index is 2.02. The van der Waals surface area contributed by atoms with E-state index in [4.69, 9.17) is 4.84 Å². The van der Waals surface area contributed by atoms with Crippen LogP contribution in [0.25, 0.3) is 0 Å². The summed E-state index contributed by atoms with van der Waals surface area (Å²) in [6.45, 7) is 0. The van der Waals surface area contributed by atoms with Gasteiger partial charge in [-0.2, -0.15) is 22.6 Å². The highest BCUT2D eigenvalue weighted by molar-refractivity contribution is 5.85. The minimum Gasteiger partial charge on any atom is -0.352 e. The molecule has 1 atom stereocenters. The molecule has 1 aromatic carbocycles. The Morgan fingerprint density at radius 1 is 1.09 bits per heavy atom. The molecule has 4 nitrogen and oxygen atoms in total. The highest BCUT2D eigenvalue weighted by Crippen LogP contribution is 2.36. The number of hydrogen-bond acceptors (Lipinski definition) is 4. The lowest BCUT2D eigenvalue weighted by Crippen LogP contribution is -2.29. The molecule has 3 rings (SSSR count). The Bertz CT molecular complexity index is 703. The Kier molecular flexibility index (Phi) is 3.44. The molecule has 2 heterocycles. The fourth-order valence-electron chi connectivity index (χ4n) is 2.01. The number of nitrogens with zero attached hydrogens (tertiary/aromatic N) is 3. The summed E-state index contributed by atoms with van der Waals surface area (Å²) in [6, 6.07) is 10.6. The van der Waals surface area contributed by atoms with Crippen molar-refractivity contribution in [2.75, 3.05) is 5.06 Å². The summed E-state index contributed by atoms with van der Waals surface area (Å²) in [5.41, 5.74) is 0.573. The van der Waals surface area contributed by atoms with E-state index in [0.29, 0.717) is 5.56 Å². The van der Waals surface area contributed by atoms with E-state index in [0.717, 1.165) is 17.3 Å². The summed E-state index contributed by atoms with van der Waals surface area (Å²) in [7, 11) is 0. The molecule has 0 N–H and O–H groups in total. The van der Waals surface area contributed by atoms with Crippen molar-refractivity contribution in [2.45, 2.75) is 12.3 Å². The van der Waals surface area contributed by atoms with Crippen LogP contribution in [0.4, 0.5) is 23.2 Å². The van der Waals surface area contributed by atoms with Gasteiger partial charge in [0.2, 0.25) is 5.95 Å². The number of alkyl halides is 3. The van der Waals surface area contributed by atoms with Crippen LogP contribution in [0, 0.1) is 5.95 Å². The third-order valence-corrected chi connectivity index (χ3v) is 2.95. The van der Waals surface area contributed by atoms with Crippen molar-refractivity contribution in [3.63, 3.8) is 0 Å². The zero-order valence-corrected chi connectivity index (χ0v) is 11.0. The van der Waals surface area contributed by atoms with Crippen molar-refractivity contribution in [1.29, 1.82) is 0 Å². The predicted octanol–water partition coefficient (Wildman–Crippen LogP) is 3.63. The van der Waals surface area contributed by atoms with Crippen LogP contribution in [0.2, 0.25) is 0 Å². The van der Waals surface area contributed by atoms with E-state index in [1.54, 1.807) is 30.3 Å². The van der Waals surface area contributed by atoms with Gasteiger partial charge < -0.3 is 4.84 Å². The Morgan fingerprint density at radius 3 is 2.45 bits per heavy atom. The average molecular weight is 311 g/mol. The second kappa shape index (κ2) is 5.28. The van der Waals surface area contributed by atoms with Gasteiger partial charge in [-0.1, -0.05) is 30.3 Å². The van der Waals surface area contributed by atoms with E-state index < -0.39 is 24.2 Å². The van der Waals surface area contributed by atoms with Crippen LogP contribution in [0.15, 0.2) is 53.7 Å². The van der Waals surface area contributed by atoms with Crippen LogP contribution >= 0.6 is 0 Å². The van der Waals surface area contributed by atoms with Gasteiger partial charge in [0.1, 0.15) is 0 Å². The molecule has 0 spiro atoms. The summed E-state index contributed by atoms with van der Waals surface area (Å²) in [4.78, 5) is 11.7. The molecule has 8 heteroatoms. The lowest BCUT2D eigenvalue weighted by Gasteiger charge is -2.23. The maximum Gasteiger partial charge on any atom is 0.471 e. The van der Waals surface area contributed by atoms with Crippen LogP contribution in [0.1, 0.15) is 11.7 Å². The molecular formula is C14H9F4N3O. The molecule has 2 aromatic rings. The van der Waals surface area contributed by atoms with Crippen LogP contribution in [0.3, 0.4) is 0 Å². The quantitative estimate of drug-likeness (QED) is 0.628. The van der Waals surface area contributed by atoms with Gasteiger partial charge in [-0.15, -0.1) is 0 Å². The Morgan fingerprint density at radius 2 is 1.82 bits per heavy atom. The SMILES string of the molecule is Fc1cc(N2OC(C(F)(F)F)=NC2c2ccccc2)ccn1. The number of hydrogen-bond donors (Lipinski definition) is 0. The summed E-state index contributed by atoms with van der Waals surface area (Å²) in [5, 5.41) is 0.906. The number of benzene rings is 1. The van der Waals surface area contributed by atoms with Crippen molar-refractivity contribution in [3.8, 4) is 0 Å². The third-order valence-electron chi connectivity index (χ3n) is 2.95. The van der Waals surface area contributed by atoms with E-state index in [1.807, 2.05) is 0 Å². The van der Waals surface area contributed by atoms with Crippen LogP contribution in [0.5, 0.6) is 0 Å². The van der Waals surface area contributed by atoms with Crippen molar-refractivity contribution in [1.82, 2.24) is 4.98 Å². The van der Waals surface area contributed by atoms with Crippen molar-refractivity contribution in [2.24, 2.45) is 4.99 Å². The molecule has 22 heavy (non-hydrogen) atoms. The maximum absolute atomic E-state index is 13.2. The van der Waals surface area contributed by atoms with Crippen LogP contribution in [-0.2, 0) is 4.84 Å². The van der Waals surface area contributed by atoms with Crippen LogP contribution in [-0.4, -0.2) is 17.1 Å². The van der Waals surface area contributed by atoms with Gasteiger partial charge >= 0.3 is 12.1 Å². The van der Waals surface area contributed by atoms with E-state index in [1.165, 1.54) is 6.07 Å². The summed E-state index contributed by atoms with van der Waals surface area (Å²) >= 11 is 0. The molecule has 0 aliphatic carbocycles. The van der Waals surface area contributed by atoms with E-state index in [9.17, 15) is 17.6 Å². The minimum absolute atomic E-state index is 0.0874. The minimum atomic E-state index is -4.73. The normalized spacial score (nSPS) is 18.1. The first-order valence-electron chi connectivity index (χ1n) is 6.24. The second-order valence-electron chi connectivity index (χ2n) is 4.47. The first kappa shape index (κ1) is 14.3. The van der Waals surface area contributed by atoms with E-state index >= 15 is 0 Å².